The van der Waals surface area contributed by atoms with Crippen molar-refractivity contribution in [2.45, 2.75) is 20.4 Å². The number of hydrogen-bond donors (Lipinski definition) is 0. The average Bonchev–Trinajstić information content (AvgIpc) is 2.90. The Labute approximate surface area is 158 Å². The van der Waals surface area contributed by atoms with Crippen molar-refractivity contribution in [1.29, 1.82) is 0 Å². The summed E-state index contributed by atoms with van der Waals surface area (Å²) in [5.74, 6) is -1.38. The molecule has 0 unspecified atom stereocenters. The van der Waals surface area contributed by atoms with Crippen LogP contribution in [0.3, 0.4) is 0 Å². The van der Waals surface area contributed by atoms with E-state index >= 15 is 0 Å². The highest BCUT2D eigenvalue weighted by Gasteiger charge is 2.41. The number of rotatable bonds is 3. The third-order valence-corrected chi connectivity index (χ3v) is 5.02. The van der Waals surface area contributed by atoms with Gasteiger partial charge in [-0.25, -0.2) is 4.79 Å². The lowest BCUT2D eigenvalue weighted by atomic mass is 10.0. The molecule has 0 saturated carbocycles. The number of benzene rings is 2. The number of fused-ring (bicyclic) bond motifs is 2. The van der Waals surface area contributed by atoms with Gasteiger partial charge in [-0.15, -0.1) is 0 Å². The Morgan fingerprint density at radius 3 is 2.54 bits per heavy atom. The summed E-state index contributed by atoms with van der Waals surface area (Å²) in [5.41, 5.74) is 1.30. The molecule has 1 aliphatic heterocycles. The number of amides is 2. The number of aryl methyl sites for hydroxylation is 2. The van der Waals surface area contributed by atoms with Gasteiger partial charge < -0.3 is 4.42 Å². The smallest absolute Gasteiger partial charge is 0.336 e. The SMILES string of the molecule is Cc1ccc2c(CN3C(=O)c4cccc([N+](=O)[O-])c4C3=O)cc(=O)oc2c1C. The lowest BCUT2D eigenvalue weighted by Gasteiger charge is -2.15. The van der Waals surface area contributed by atoms with Gasteiger partial charge in [0, 0.05) is 17.5 Å². The third-order valence-electron chi connectivity index (χ3n) is 5.02. The van der Waals surface area contributed by atoms with E-state index in [1.165, 1.54) is 24.3 Å². The standard InChI is InChI=1S/C20H14N2O6/c1-10-6-7-13-12(8-16(23)28-18(13)11(10)2)9-21-19(24)14-4-3-5-15(22(26)27)17(14)20(21)25/h3-8H,9H2,1-2H3. The largest absolute Gasteiger partial charge is 0.422 e. The third kappa shape index (κ3) is 2.50. The van der Waals surface area contributed by atoms with E-state index in [1.807, 2.05) is 19.9 Å². The van der Waals surface area contributed by atoms with Crippen molar-refractivity contribution < 1.29 is 18.9 Å². The molecule has 8 heteroatoms. The molecule has 0 atom stereocenters. The minimum absolute atomic E-state index is 0.0153. The normalized spacial score (nSPS) is 13.3. The monoisotopic (exact) mass is 378 g/mol. The summed E-state index contributed by atoms with van der Waals surface area (Å²) < 4.78 is 5.31. The molecule has 0 bridgehead atoms. The summed E-state index contributed by atoms with van der Waals surface area (Å²) in [6, 6.07) is 8.78. The predicted molar refractivity (Wildman–Crippen MR) is 99.3 cm³/mol. The van der Waals surface area contributed by atoms with Crippen molar-refractivity contribution in [3.05, 3.63) is 84.7 Å². The van der Waals surface area contributed by atoms with Gasteiger partial charge in [0.1, 0.15) is 11.1 Å². The Morgan fingerprint density at radius 1 is 1.07 bits per heavy atom. The van der Waals surface area contributed by atoms with Gasteiger partial charge in [0.05, 0.1) is 17.0 Å². The van der Waals surface area contributed by atoms with Gasteiger partial charge in [-0.1, -0.05) is 18.2 Å². The maximum Gasteiger partial charge on any atom is 0.336 e. The number of nitrogens with zero attached hydrogens (tertiary/aromatic N) is 2. The van der Waals surface area contributed by atoms with Crippen LogP contribution in [0, 0.1) is 24.0 Å². The molecule has 0 aliphatic carbocycles. The summed E-state index contributed by atoms with van der Waals surface area (Å²) in [6.45, 7) is 3.51. The molecule has 4 rings (SSSR count). The zero-order valence-corrected chi connectivity index (χ0v) is 15.0. The first kappa shape index (κ1) is 17.6. The van der Waals surface area contributed by atoms with Crippen LogP contribution in [0.4, 0.5) is 5.69 Å². The maximum atomic E-state index is 12.8. The Bertz CT molecular complexity index is 1260. The molecule has 1 aromatic heterocycles. The van der Waals surface area contributed by atoms with Crippen molar-refractivity contribution in [1.82, 2.24) is 4.90 Å². The molecule has 3 aromatic rings. The number of carbonyl (C=O) groups is 2. The summed E-state index contributed by atoms with van der Waals surface area (Å²) in [6.07, 6.45) is 0. The second-order valence-corrected chi connectivity index (χ2v) is 6.63. The zero-order valence-electron chi connectivity index (χ0n) is 15.0. The van der Waals surface area contributed by atoms with Gasteiger partial charge in [0.2, 0.25) is 0 Å². The number of nitro groups is 1. The molecule has 1 aliphatic rings. The molecule has 0 spiro atoms. The van der Waals surface area contributed by atoms with Crippen LogP contribution in [0.1, 0.15) is 37.4 Å². The van der Waals surface area contributed by atoms with Gasteiger partial charge in [0.15, 0.2) is 0 Å². The quantitative estimate of drug-likeness (QED) is 0.300. The van der Waals surface area contributed by atoms with Crippen LogP contribution >= 0.6 is 0 Å². The highest BCUT2D eigenvalue weighted by atomic mass is 16.6. The van der Waals surface area contributed by atoms with Crippen LogP contribution in [0.5, 0.6) is 0 Å². The molecule has 0 saturated heterocycles. The van der Waals surface area contributed by atoms with Gasteiger partial charge in [-0.3, -0.25) is 24.6 Å². The minimum atomic E-state index is -0.752. The Kier molecular flexibility index (Phi) is 3.85. The lowest BCUT2D eigenvalue weighted by molar-refractivity contribution is -0.385. The second kappa shape index (κ2) is 6.12. The van der Waals surface area contributed by atoms with E-state index in [-0.39, 0.29) is 17.7 Å². The molecule has 8 nitrogen and oxygen atoms in total. The highest BCUT2D eigenvalue weighted by Crippen LogP contribution is 2.32. The Morgan fingerprint density at radius 2 is 1.82 bits per heavy atom. The van der Waals surface area contributed by atoms with Crippen molar-refractivity contribution in [2.75, 3.05) is 0 Å². The molecule has 2 aromatic carbocycles. The van der Waals surface area contributed by atoms with E-state index in [1.54, 1.807) is 6.07 Å². The van der Waals surface area contributed by atoms with E-state index in [0.717, 1.165) is 16.0 Å². The van der Waals surface area contributed by atoms with Gasteiger partial charge >= 0.3 is 5.63 Å². The molecule has 2 amide bonds. The number of hydrogen-bond acceptors (Lipinski definition) is 6. The first-order valence-electron chi connectivity index (χ1n) is 8.46. The van der Waals surface area contributed by atoms with Crippen LogP contribution in [-0.2, 0) is 6.54 Å². The summed E-state index contributed by atoms with van der Waals surface area (Å²) in [7, 11) is 0. The fourth-order valence-electron chi connectivity index (χ4n) is 3.44. The molecule has 140 valence electrons. The van der Waals surface area contributed by atoms with E-state index in [4.69, 9.17) is 4.42 Å². The maximum absolute atomic E-state index is 12.8. The lowest BCUT2D eigenvalue weighted by Crippen LogP contribution is -2.29. The van der Waals surface area contributed by atoms with E-state index in [9.17, 15) is 24.5 Å². The Balaban J connectivity index is 1.83. The molecule has 28 heavy (non-hydrogen) atoms. The molecule has 0 radical (unpaired) electrons. The Hall–Kier alpha value is -3.81. The molecular formula is C20H14N2O6. The number of carbonyl (C=O) groups excluding carboxylic acids is 2. The van der Waals surface area contributed by atoms with Crippen LogP contribution in [0.2, 0.25) is 0 Å². The van der Waals surface area contributed by atoms with Crippen molar-refractivity contribution >= 4 is 28.5 Å². The van der Waals surface area contributed by atoms with Crippen LogP contribution in [0.25, 0.3) is 11.0 Å². The molecule has 2 heterocycles. The van der Waals surface area contributed by atoms with Crippen molar-refractivity contribution in [3.63, 3.8) is 0 Å². The highest BCUT2D eigenvalue weighted by molar-refractivity contribution is 6.23. The first-order chi connectivity index (χ1) is 13.3. The summed E-state index contributed by atoms with van der Waals surface area (Å²) >= 11 is 0. The van der Waals surface area contributed by atoms with E-state index < -0.39 is 28.1 Å². The fraction of sp³-hybridized carbons (Fsp3) is 0.150. The fourth-order valence-corrected chi connectivity index (χ4v) is 3.44. The average molecular weight is 378 g/mol. The molecular weight excluding hydrogens is 364 g/mol. The minimum Gasteiger partial charge on any atom is -0.422 e. The van der Waals surface area contributed by atoms with Gasteiger partial charge in [-0.2, -0.15) is 0 Å². The van der Waals surface area contributed by atoms with Crippen molar-refractivity contribution in [3.8, 4) is 0 Å². The summed E-state index contributed by atoms with van der Waals surface area (Å²) in [4.78, 5) is 49.0. The van der Waals surface area contributed by atoms with Gasteiger partial charge in [0.25, 0.3) is 17.5 Å². The first-order valence-corrected chi connectivity index (χ1v) is 8.46. The number of imide groups is 1. The van der Waals surface area contributed by atoms with Crippen LogP contribution < -0.4 is 5.63 Å². The van der Waals surface area contributed by atoms with Crippen LogP contribution in [-0.4, -0.2) is 21.6 Å². The van der Waals surface area contributed by atoms with Gasteiger partial charge in [-0.05, 0) is 36.6 Å². The predicted octanol–water partition coefficient (Wildman–Crippen LogP) is 3.11. The molecule has 0 N–H and O–H groups in total. The van der Waals surface area contributed by atoms with E-state index in [0.29, 0.717) is 16.5 Å². The van der Waals surface area contributed by atoms with E-state index in [2.05, 4.69) is 0 Å². The van der Waals surface area contributed by atoms with Crippen LogP contribution in [0.15, 0.2) is 45.6 Å². The zero-order chi connectivity index (χ0) is 20.2. The van der Waals surface area contributed by atoms with Crippen molar-refractivity contribution in [2.24, 2.45) is 0 Å². The topological polar surface area (TPSA) is 111 Å². The summed E-state index contributed by atoms with van der Waals surface area (Å²) in [5, 5.41) is 11.8. The number of nitro benzene ring substituents is 1. The second-order valence-electron chi connectivity index (χ2n) is 6.63. The molecule has 0 fully saturated rings.